The number of aliphatic hydroxyl groups is 1. The minimum atomic E-state index is -0.633. The van der Waals surface area contributed by atoms with Gasteiger partial charge in [-0.25, -0.2) is 10.5 Å². The fraction of sp³-hybridized carbons (Fsp3) is 0.344. The molecule has 4 aromatic rings. The molecule has 0 unspecified atom stereocenters. The summed E-state index contributed by atoms with van der Waals surface area (Å²) in [5, 5.41) is 21.0. The topological polar surface area (TPSA) is 130 Å². The average Bonchev–Trinajstić information content (AvgIpc) is 3.47. The number of hydrogen-bond acceptors (Lipinski definition) is 9. The van der Waals surface area contributed by atoms with E-state index in [2.05, 4.69) is 11.4 Å². The van der Waals surface area contributed by atoms with Crippen LogP contribution in [0.3, 0.4) is 0 Å². The van der Waals surface area contributed by atoms with Crippen LogP contribution < -0.4 is 10.8 Å². The van der Waals surface area contributed by atoms with Crippen LogP contribution in [-0.4, -0.2) is 39.0 Å². The number of rotatable bonds is 13. The normalized spacial score (nSPS) is 18.4. The van der Waals surface area contributed by atoms with Crippen molar-refractivity contribution in [3.63, 3.8) is 0 Å². The molecule has 3 aromatic carbocycles. The average molecular weight is 622 g/mol. The zero-order valence-corrected chi connectivity index (χ0v) is 25.2. The third-order valence-corrected chi connectivity index (χ3v) is 9.47. The number of para-hydroxylation sites is 1. The Kier molecular flexibility index (Phi) is 11.2. The van der Waals surface area contributed by atoms with Crippen molar-refractivity contribution >= 4 is 50.8 Å². The number of nitrogens with one attached hydrogen (secondary N) is 2. The molecule has 11 heteroatoms. The van der Waals surface area contributed by atoms with Crippen molar-refractivity contribution in [3.8, 4) is 0 Å². The van der Waals surface area contributed by atoms with Gasteiger partial charge in [-0.2, -0.15) is 0 Å². The first kappa shape index (κ1) is 31.1. The number of aliphatic hydroxyl groups excluding tert-OH is 1. The molecule has 0 radical (unpaired) electrons. The van der Waals surface area contributed by atoms with E-state index in [9.17, 15) is 14.7 Å². The van der Waals surface area contributed by atoms with Gasteiger partial charge < -0.3 is 19.9 Å². The van der Waals surface area contributed by atoms with Gasteiger partial charge in [-0.05, 0) is 48.2 Å². The van der Waals surface area contributed by atoms with Crippen LogP contribution >= 0.6 is 23.1 Å². The number of nitrogens with zero attached hydrogens (tertiary/aromatic N) is 1. The van der Waals surface area contributed by atoms with Crippen LogP contribution in [0, 0.1) is 0 Å². The van der Waals surface area contributed by atoms with Gasteiger partial charge in [0.15, 0.2) is 10.6 Å². The van der Waals surface area contributed by atoms with Crippen molar-refractivity contribution in [1.29, 1.82) is 0 Å². The SMILES string of the molecule is O=C(CCCCCC(=O)Nc1cccc([C@H]2O[C@@H](CSc3nc4ccccc4s3)C[C@@H](c3ccc(CO)cc3)O2)c1)NO. The van der Waals surface area contributed by atoms with Crippen molar-refractivity contribution in [1.82, 2.24) is 10.5 Å². The van der Waals surface area contributed by atoms with Gasteiger partial charge in [-0.1, -0.05) is 66.7 Å². The Hall–Kier alpha value is -3.32. The van der Waals surface area contributed by atoms with E-state index >= 15 is 0 Å². The smallest absolute Gasteiger partial charge is 0.243 e. The summed E-state index contributed by atoms with van der Waals surface area (Å²) in [6.45, 7) is -0.0155. The van der Waals surface area contributed by atoms with E-state index in [0.717, 1.165) is 31.2 Å². The molecular weight excluding hydrogens is 587 g/mol. The lowest BCUT2D eigenvalue weighted by Crippen LogP contribution is -2.31. The minimum absolute atomic E-state index is 0.0155. The van der Waals surface area contributed by atoms with Crippen LogP contribution in [0.2, 0.25) is 0 Å². The molecule has 9 nitrogen and oxygen atoms in total. The molecule has 5 rings (SSSR count). The second-order valence-corrected chi connectivity index (χ2v) is 12.7. The van der Waals surface area contributed by atoms with E-state index in [-0.39, 0.29) is 31.1 Å². The summed E-state index contributed by atoms with van der Waals surface area (Å²) in [7, 11) is 0. The molecule has 1 aromatic heterocycles. The number of unbranched alkanes of at least 4 members (excludes halogenated alkanes) is 2. The number of anilines is 1. The Morgan fingerprint density at radius 1 is 0.930 bits per heavy atom. The van der Waals surface area contributed by atoms with E-state index < -0.39 is 12.2 Å². The van der Waals surface area contributed by atoms with E-state index in [1.165, 1.54) is 0 Å². The number of benzene rings is 3. The van der Waals surface area contributed by atoms with Crippen LogP contribution in [0.4, 0.5) is 5.69 Å². The molecule has 43 heavy (non-hydrogen) atoms. The zero-order chi connectivity index (χ0) is 30.0. The van der Waals surface area contributed by atoms with Crippen molar-refractivity contribution in [3.05, 3.63) is 89.5 Å². The fourth-order valence-electron chi connectivity index (χ4n) is 4.89. The fourth-order valence-corrected chi connectivity index (χ4v) is 7.00. The van der Waals surface area contributed by atoms with Gasteiger partial charge in [0.25, 0.3) is 0 Å². The van der Waals surface area contributed by atoms with Crippen molar-refractivity contribution in [2.24, 2.45) is 0 Å². The van der Waals surface area contributed by atoms with Crippen LogP contribution in [0.5, 0.6) is 0 Å². The molecule has 2 heterocycles. The second-order valence-electron chi connectivity index (χ2n) is 10.4. The monoisotopic (exact) mass is 621 g/mol. The highest BCUT2D eigenvalue weighted by Crippen LogP contribution is 2.40. The zero-order valence-electron chi connectivity index (χ0n) is 23.6. The lowest BCUT2D eigenvalue weighted by Gasteiger charge is -2.36. The van der Waals surface area contributed by atoms with Gasteiger partial charge in [-0.3, -0.25) is 14.8 Å². The predicted octanol–water partition coefficient (Wildman–Crippen LogP) is 6.52. The molecule has 1 aliphatic heterocycles. The number of fused-ring (bicyclic) bond motifs is 1. The van der Waals surface area contributed by atoms with Gasteiger partial charge in [0.2, 0.25) is 11.8 Å². The molecular formula is C32H35N3O6S2. The Balaban J connectivity index is 1.24. The molecule has 0 spiro atoms. The highest BCUT2D eigenvalue weighted by molar-refractivity contribution is 8.01. The highest BCUT2D eigenvalue weighted by Gasteiger charge is 2.32. The van der Waals surface area contributed by atoms with Gasteiger partial charge in [0, 0.05) is 36.3 Å². The van der Waals surface area contributed by atoms with E-state index in [1.54, 1.807) is 28.6 Å². The number of thioether (sulfide) groups is 1. The maximum absolute atomic E-state index is 12.6. The second kappa shape index (κ2) is 15.4. The first-order chi connectivity index (χ1) is 21.0. The molecule has 1 aliphatic rings. The lowest BCUT2D eigenvalue weighted by molar-refractivity contribution is -0.245. The minimum Gasteiger partial charge on any atom is -0.392 e. The number of thiazole rings is 1. The standard InChI is InChI=1S/C32H35N3O6S2/c36-19-21-13-15-22(16-14-21)27-18-25(20-42-32-34-26-9-4-5-10-28(26)43-32)40-31(41-27)23-7-6-8-24(17-23)33-29(37)11-2-1-3-12-30(38)35-39/h4-10,13-17,25,27,31,36,39H,1-3,11-12,18-20H2,(H,33,37)(H,35,38)/t25-,27+,31+/m1/s1. The Bertz CT molecular complexity index is 1480. The van der Waals surface area contributed by atoms with Crippen LogP contribution in [0.1, 0.15) is 67.6 Å². The van der Waals surface area contributed by atoms with Gasteiger partial charge >= 0.3 is 0 Å². The maximum Gasteiger partial charge on any atom is 0.243 e. The summed E-state index contributed by atoms with van der Waals surface area (Å²) >= 11 is 3.36. The third-order valence-electron chi connectivity index (χ3n) is 7.16. The quantitative estimate of drug-likeness (QED) is 0.0575. The predicted molar refractivity (Wildman–Crippen MR) is 167 cm³/mol. The van der Waals surface area contributed by atoms with Gasteiger partial charge in [0.1, 0.15) is 0 Å². The molecule has 0 saturated carbocycles. The number of ether oxygens (including phenoxy) is 2. The molecule has 4 N–H and O–H groups in total. The summed E-state index contributed by atoms with van der Waals surface area (Å²) in [4.78, 5) is 28.4. The van der Waals surface area contributed by atoms with Crippen LogP contribution in [0.25, 0.3) is 10.2 Å². The number of carbonyl (C=O) groups is 2. The lowest BCUT2D eigenvalue weighted by atomic mass is 10.0. The van der Waals surface area contributed by atoms with Gasteiger partial charge in [-0.15, -0.1) is 11.3 Å². The molecule has 3 atom stereocenters. The number of aromatic nitrogens is 1. The number of amides is 2. The van der Waals surface area contributed by atoms with Gasteiger partial charge in [0.05, 0.1) is 29.0 Å². The molecule has 2 amide bonds. The van der Waals surface area contributed by atoms with Crippen molar-refractivity contribution in [2.45, 2.75) is 68.0 Å². The van der Waals surface area contributed by atoms with E-state index in [0.29, 0.717) is 43.5 Å². The summed E-state index contributed by atoms with van der Waals surface area (Å²) < 4.78 is 15.1. The molecule has 1 saturated heterocycles. The number of hydroxylamine groups is 1. The summed E-state index contributed by atoms with van der Waals surface area (Å²) in [5.41, 5.74) is 5.93. The maximum atomic E-state index is 12.6. The number of hydrogen-bond donors (Lipinski definition) is 4. The van der Waals surface area contributed by atoms with E-state index in [4.69, 9.17) is 19.7 Å². The Labute approximate surface area is 258 Å². The van der Waals surface area contributed by atoms with E-state index in [1.807, 2.05) is 66.7 Å². The number of carbonyl (C=O) groups excluding carboxylic acids is 2. The molecule has 1 fully saturated rings. The largest absolute Gasteiger partial charge is 0.392 e. The van der Waals surface area contributed by atoms with Crippen LogP contribution in [0.15, 0.2) is 77.1 Å². The molecule has 226 valence electrons. The first-order valence-electron chi connectivity index (χ1n) is 14.3. The molecule has 0 aliphatic carbocycles. The first-order valence-corrected chi connectivity index (χ1v) is 16.1. The Morgan fingerprint density at radius 2 is 1.72 bits per heavy atom. The Morgan fingerprint density at radius 3 is 2.49 bits per heavy atom. The summed E-state index contributed by atoms with van der Waals surface area (Å²) in [5.74, 6) is 0.179. The highest BCUT2D eigenvalue weighted by atomic mass is 32.2. The summed E-state index contributed by atoms with van der Waals surface area (Å²) in [6, 6.07) is 23.4. The molecule has 0 bridgehead atoms. The van der Waals surface area contributed by atoms with Crippen molar-refractivity contribution < 1.29 is 29.4 Å². The van der Waals surface area contributed by atoms with Crippen LogP contribution in [-0.2, 0) is 25.7 Å². The third kappa shape index (κ3) is 8.85. The van der Waals surface area contributed by atoms with Crippen molar-refractivity contribution in [2.75, 3.05) is 11.1 Å². The summed E-state index contributed by atoms with van der Waals surface area (Å²) in [6.07, 6.45) is 2.24.